The normalized spacial score (nSPS) is 10.8. The van der Waals surface area contributed by atoms with Gasteiger partial charge >= 0.3 is 0 Å². The summed E-state index contributed by atoms with van der Waals surface area (Å²) < 4.78 is 5.09. The van der Waals surface area contributed by atoms with Crippen LogP contribution in [-0.4, -0.2) is 9.97 Å². The first-order chi connectivity index (χ1) is 5.83. The highest BCUT2D eigenvalue weighted by Gasteiger charge is 2.07. The van der Waals surface area contributed by atoms with E-state index in [0.717, 1.165) is 17.5 Å². The highest BCUT2D eigenvalue weighted by molar-refractivity contribution is 5.79. The van der Waals surface area contributed by atoms with Gasteiger partial charge in [-0.2, -0.15) is 0 Å². The van der Waals surface area contributed by atoms with Crippen molar-refractivity contribution in [2.45, 2.75) is 13.3 Å². The molecule has 0 aliphatic heterocycles. The molecule has 0 unspecified atom stereocenters. The molecule has 0 aliphatic carbocycles. The number of anilines is 1. The molecule has 0 spiro atoms. The molecule has 0 saturated carbocycles. The van der Waals surface area contributed by atoms with Crippen molar-refractivity contribution < 1.29 is 4.42 Å². The third-order valence-corrected chi connectivity index (χ3v) is 1.86. The van der Waals surface area contributed by atoms with Crippen LogP contribution >= 0.6 is 0 Å². The average Bonchev–Trinajstić information content (AvgIpc) is 2.52. The van der Waals surface area contributed by atoms with Crippen LogP contribution in [0.15, 0.2) is 17.0 Å². The lowest BCUT2D eigenvalue weighted by molar-refractivity contribution is 0.601. The molecule has 2 aromatic heterocycles. The van der Waals surface area contributed by atoms with Gasteiger partial charge in [-0.3, -0.25) is 0 Å². The van der Waals surface area contributed by atoms with Gasteiger partial charge in [-0.1, -0.05) is 6.92 Å². The minimum atomic E-state index is 0.541. The van der Waals surface area contributed by atoms with Crippen LogP contribution < -0.4 is 5.73 Å². The maximum absolute atomic E-state index is 5.66. The Morgan fingerprint density at radius 2 is 2.33 bits per heavy atom. The highest BCUT2D eigenvalue weighted by atomic mass is 16.3. The average molecular weight is 163 g/mol. The molecule has 0 atom stereocenters. The predicted molar refractivity (Wildman–Crippen MR) is 45.6 cm³/mol. The van der Waals surface area contributed by atoms with Gasteiger partial charge in [-0.25, -0.2) is 9.97 Å². The van der Waals surface area contributed by atoms with Crippen molar-refractivity contribution in [1.82, 2.24) is 9.97 Å². The molecule has 2 rings (SSSR count). The number of nitrogen functional groups attached to an aromatic ring is 1. The van der Waals surface area contributed by atoms with E-state index in [1.807, 2.05) is 6.92 Å². The first-order valence-corrected chi connectivity index (χ1v) is 3.79. The summed E-state index contributed by atoms with van der Waals surface area (Å²) in [6.07, 6.45) is 3.82. The van der Waals surface area contributed by atoms with Crippen LogP contribution in [0.5, 0.6) is 0 Å². The van der Waals surface area contributed by atoms with Crippen LogP contribution in [0, 0.1) is 0 Å². The summed E-state index contributed by atoms with van der Waals surface area (Å²) in [5.74, 6) is 0.541. The van der Waals surface area contributed by atoms with E-state index in [1.54, 1.807) is 6.20 Å². The smallest absolute Gasteiger partial charge is 0.182 e. The Hall–Kier alpha value is -1.58. The summed E-state index contributed by atoms with van der Waals surface area (Å²) in [4.78, 5) is 8.06. The van der Waals surface area contributed by atoms with Crippen molar-refractivity contribution in [3.8, 4) is 0 Å². The number of rotatable bonds is 1. The third kappa shape index (κ3) is 0.845. The first kappa shape index (κ1) is 7.09. The topological polar surface area (TPSA) is 64.9 Å². The summed E-state index contributed by atoms with van der Waals surface area (Å²) in [5.41, 5.74) is 8.14. The summed E-state index contributed by atoms with van der Waals surface area (Å²) in [5, 5.41) is 0. The molecule has 0 radical (unpaired) electrons. The van der Waals surface area contributed by atoms with Crippen molar-refractivity contribution in [1.29, 1.82) is 0 Å². The molecule has 12 heavy (non-hydrogen) atoms. The Balaban J connectivity index is 2.83. The summed E-state index contributed by atoms with van der Waals surface area (Å²) in [6.45, 7) is 2.02. The molecule has 0 fully saturated rings. The van der Waals surface area contributed by atoms with Crippen LogP contribution in [0.3, 0.4) is 0 Å². The lowest BCUT2D eigenvalue weighted by atomic mass is 10.2. The molecule has 2 N–H and O–H groups in total. The predicted octanol–water partition coefficient (Wildman–Crippen LogP) is 1.37. The van der Waals surface area contributed by atoms with Gasteiger partial charge in [0.25, 0.3) is 0 Å². The third-order valence-electron chi connectivity index (χ3n) is 1.86. The molecule has 4 nitrogen and oxygen atoms in total. The SMILES string of the molecule is CCc1c(N)ncc2ocnc12. The monoisotopic (exact) mass is 163 g/mol. The maximum atomic E-state index is 5.66. The Morgan fingerprint density at radius 3 is 3.08 bits per heavy atom. The van der Waals surface area contributed by atoms with E-state index in [4.69, 9.17) is 10.2 Å². The molecule has 2 heterocycles. The largest absolute Gasteiger partial charge is 0.442 e. The van der Waals surface area contributed by atoms with Gasteiger partial charge in [0, 0.05) is 5.56 Å². The molecule has 0 aliphatic rings. The fraction of sp³-hybridized carbons (Fsp3) is 0.250. The molecule has 0 bridgehead atoms. The minimum Gasteiger partial charge on any atom is -0.442 e. The number of aromatic nitrogens is 2. The van der Waals surface area contributed by atoms with E-state index in [1.165, 1.54) is 6.39 Å². The van der Waals surface area contributed by atoms with Gasteiger partial charge in [0.15, 0.2) is 12.0 Å². The van der Waals surface area contributed by atoms with E-state index < -0.39 is 0 Å². The Bertz CT molecular complexity index is 408. The minimum absolute atomic E-state index is 0.541. The van der Waals surface area contributed by atoms with Crippen molar-refractivity contribution in [3.63, 3.8) is 0 Å². The summed E-state index contributed by atoms with van der Waals surface area (Å²) in [6, 6.07) is 0. The number of hydrogen-bond donors (Lipinski definition) is 1. The standard InChI is InChI=1S/C8H9N3O/c1-2-5-7-6(12-4-11-7)3-10-8(5)9/h3-4H,2H2,1H3,(H2,9,10). The maximum Gasteiger partial charge on any atom is 0.182 e. The Labute approximate surface area is 69.4 Å². The van der Waals surface area contributed by atoms with Crippen LogP contribution in [0.4, 0.5) is 5.82 Å². The highest BCUT2D eigenvalue weighted by Crippen LogP contribution is 2.20. The molecule has 0 aromatic carbocycles. The first-order valence-electron chi connectivity index (χ1n) is 3.79. The van der Waals surface area contributed by atoms with Crippen LogP contribution in [0.25, 0.3) is 11.1 Å². The molecule has 62 valence electrons. The van der Waals surface area contributed by atoms with E-state index >= 15 is 0 Å². The molecule has 0 amide bonds. The quantitative estimate of drug-likeness (QED) is 0.689. The summed E-state index contributed by atoms with van der Waals surface area (Å²) in [7, 11) is 0. The summed E-state index contributed by atoms with van der Waals surface area (Å²) >= 11 is 0. The fourth-order valence-corrected chi connectivity index (χ4v) is 1.25. The van der Waals surface area contributed by atoms with Crippen molar-refractivity contribution in [2.24, 2.45) is 0 Å². The second kappa shape index (κ2) is 2.48. The van der Waals surface area contributed by atoms with Gasteiger partial charge in [0.2, 0.25) is 0 Å². The van der Waals surface area contributed by atoms with Crippen molar-refractivity contribution >= 4 is 16.9 Å². The van der Waals surface area contributed by atoms with E-state index in [-0.39, 0.29) is 0 Å². The van der Waals surface area contributed by atoms with Gasteiger partial charge in [0.1, 0.15) is 11.3 Å². The van der Waals surface area contributed by atoms with E-state index in [2.05, 4.69) is 9.97 Å². The van der Waals surface area contributed by atoms with Crippen LogP contribution in [0.2, 0.25) is 0 Å². The zero-order chi connectivity index (χ0) is 8.55. The van der Waals surface area contributed by atoms with Gasteiger partial charge < -0.3 is 10.2 Å². The number of nitrogens with zero attached hydrogens (tertiary/aromatic N) is 2. The van der Waals surface area contributed by atoms with Crippen molar-refractivity contribution in [3.05, 3.63) is 18.2 Å². The number of aryl methyl sites for hydroxylation is 1. The van der Waals surface area contributed by atoms with E-state index in [0.29, 0.717) is 11.4 Å². The Kier molecular flexibility index (Phi) is 1.46. The fourth-order valence-electron chi connectivity index (χ4n) is 1.25. The van der Waals surface area contributed by atoms with Crippen LogP contribution in [0.1, 0.15) is 12.5 Å². The number of oxazole rings is 1. The second-order valence-electron chi connectivity index (χ2n) is 2.54. The number of hydrogen-bond acceptors (Lipinski definition) is 4. The molecular formula is C8H9N3O. The lowest BCUT2D eigenvalue weighted by Crippen LogP contribution is -1.96. The number of pyridine rings is 1. The van der Waals surface area contributed by atoms with Gasteiger partial charge in [-0.05, 0) is 6.42 Å². The lowest BCUT2D eigenvalue weighted by Gasteiger charge is -1.99. The van der Waals surface area contributed by atoms with Gasteiger partial charge in [0.05, 0.1) is 6.20 Å². The zero-order valence-electron chi connectivity index (χ0n) is 6.74. The Morgan fingerprint density at radius 1 is 1.50 bits per heavy atom. The molecule has 4 heteroatoms. The molecule has 2 aromatic rings. The molecule has 0 saturated heterocycles. The number of fused-ring (bicyclic) bond motifs is 1. The zero-order valence-corrected chi connectivity index (χ0v) is 6.74. The second-order valence-corrected chi connectivity index (χ2v) is 2.54. The van der Waals surface area contributed by atoms with E-state index in [9.17, 15) is 0 Å². The number of nitrogens with two attached hydrogens (primary N) is 1. The van der Waals surface area contributed by atoms with Crippen molar-refractivity contribution in [2.75, 3.05) is 5.73 Å². The molecular weight excluding hydrogens is 154 g/mol. The van der Waals surface area contributed by atoms with Crippen LogP contribution in [-0.2, 0) is 6.42 Å². The van der Waals surface area contributed by atoms with Gasteiger partial charge in [-0.15, -0.1) is 0 Å².